The highest BCUT2D eigenvalue weighted by Gasteiger charge is 2.27. The van der Waals surface area contributed by atoms with Gasteiger partial charge in [0.1, 0.15) is 5.75 Å². The number of amides is 1. The van der Waals surface area contributed by atoms with Crippen LogP contribution in [0.2, 0.25) is 5.02 Å². The molecular weight excluding hydrogens is 353 g/mol. The van der Waals surface area contributed by atoms with E-state index in [0.29, 0.717) is 10.8 Å². The van der Waals surface area contributed by atoms with E-state index in [0.717, 1.165) is 30.4 Å². The molecular formula is C17H23Cl2NO2S. The van der Waals surface area contributed by atoms with Gasteiger partial charge in [0.25, 0.3) is 0 Å². The number of thioether (sulfide) groups is 1. The number of rotatable bonds is 6. The van der Waals surface area contributed by atoms with Crippen LogP contribution in [-0.4, -0.2) is 41.5 Å². The number of hydrogen-bond acceptors (Lipinski definition) is 3. The fourth-order valence-electron chi connectivity index (χ4n) is 2.83. The van der Waals surface area contributed by atoms with Crippen molar-refractivity contribution in [2.75, 3.05) is 24.4 Å². The molecule has 1 saturated carbocycles. The minimum atomic E-state index is -0.299. The Labute approximate surface area is 152 Å². The van der Waals surface area contributed by atoms with Gasteiger partial charge in [-0.15, -0.1) is 11.6 Å². The van der Waals surface area contributed by atoms with E-state index >= 15 is 0 Å². The third kappa shape index (κ3) is 6.09. The number of ether oxygens (including phenoxy) is 1. The second-order valence-electron chi connectivity index (χ2n) is 5.87. The van der Waals surface area contributed by atoms with Gasteiger partial charge in [-0.3, -0.25) is 0 Å². The normalized spacial score (nSPS) is 21.0. The van der Waals surface area contributed by atoms with Gasteiger partial charge >= 0.3 is 6.09 Å². The number of alkyl halides is 1. The molecule has 0 atom stereocenters. The first-order chi connectivity index (χ1) is 11.1. The van der Waals surface area contributed by atoms with Gasteiger partial charge in [0.05, 0.1) is 0 Å². The monoisotopic (exact) mass is 375 g/mol. The minimum Gasteiger partial charge on any atom is -0.410 e. The summed E-state index contributed by atoms with van der Waals surface area (Å²) in [6.45, 7) is 0. The Kier molecular flexibility index (Phi) is 7.87. The molecule has 1 fully saturated rings. The smallest absolute Gasteiger partial charge is 0.410 e. The second-order valence-corrected chi connectivity index (χ2v) is 7.84. The Morgan fingerprint density at radius 3 is 2.52 bits per heavy atom. The third-order valence-corrected chi connectivity index (χ3v) is 6.11. The summed E-state index contributed by atoms with van der Waals surface area (Å²) in [7, 11) is 1.82. The minimum absolute atomic E-state index is 0.268. The standard InChI is InChI=1S/C17H23Cl2NO2S/c1-20(17(21)22-16-8-4-14(19)5-9-16)15-6-2-13(3-7-15)12-23-11-10-18/h4-5,8-9,13,15H,2-3,6-7,10-12H2,1H3. The predicted octanol–water partition coefficient (Wildman–Crippen LogP) is 5.30. The van der Waals surface area contributed by atoms with Crippen molar-refractivity contribution in [3.8, 4) is 5.75 Å². The zero-order chi connectivity index (χ0) is 16.7. The van der Waals surface area contributed by atoms with Crippen LogP contribution in [0.5, 0.6) is 5.75 Å². The van der Waals surface area contributed by atoms with E-state index in [1.165, 1.54) is 18.6 Å². The Hall–Kier alpha value is -0.580. The number of benzene rings is 1. The van der Waals surface area contributed by atoms with E-state index in [9.17, 15) is 4.79 Å². The molecule has 0 spiro atoms. The zero-order valence-electron chi connectivity index (χ0n) is 13.3. The SMILES string of the molecule is CN(C(=O)Oc1ccc(Cl)cc1)C1CCC(CSCCCl)CC1. The molecule has 0 unspecified atom stereocenters. The van der Waals surface area contributed by atoms with Crippen molar-refractivity contribution in [2.45, 2.75) is 31.7 Å². The highest BCUT2D eigenvalue weighted by molar-refractivity contribution is 7.99. The first kappa shape index (κ1) is 18.8. The Morgan fingerprint density at radius 1 is 1.26 bits per heavy atom. The van der Waals surface area contributed by atoms with E-state index in [1.807, 2.05) is 18.8 Å². The fraction of sp³-hybridized carbons (Fsp3) is 0.588. The van der Waals surface area contributed by atoms with Gasteiger partial charge in [0, 0.05) is 29.7 Å². The van der Waals surface area contributed by atoms with Gasteiger partial charge in [-0.25, -0.2) is 4.79 Å². The molecule has 1 aliphatic rings. The molecule has 0 aromatic heterocycles. The molecule has 0 N–H and O–H groups in total. The summed E-state index contributed by atoms with van der Waals surface area (Å²) < 4.78 is 5.40. The molecule has 0 heterocycles. The zero-order valence-corrected chi connectivity index (χ0v) is 15.7. The summed E-state index contributed by atoms with van der Waals surface area (Å²) in [6, 6.07) is 7.11. The lowest BCUT2D eigenvalue weighted by atomic mass is 9.87. The van der Waals surface area contributed by atoms with E-state index in [1.54, 1.807) is 29.2 Å². The summed E-state index contributed by atoms with van der Waals surface area (Å²) in [4.78, 5) is 14.0. The van der Waals surface area contributed by atoms with Crippen molar-refractivity contribution >= 4 is 41.1 Å². The summed E-state index contributed by atoms with van der Waals surface area (Å²) in [5, 5.41) is 0.628. The van der Waals surface area contributed by atoms with Crippen LogP contribution in [0.15, 0.2) is 24.3 Å². The summed E-state index contributed by atoms with van der Waals surface area (Å²) >= 11 is 13.5. The number of hydrogen-bond donors (Lipinski definition) is 0. The van der Waals surface area contributed by atoms with Crippen LogP contribution in [0.1, 0.15) is 25.7 Å². The summed E-state index contributed by atoms with van der Waals surface area (Å²) in [6.07, 6.45) is 4.11. The molecule has 6 heteroatoms. The number of nitrogens with zero attached hydrogens (tertiary/aromatic N) is 1. The molecule has 1 aromatic rings. The van der Waals surface area contributed by atoms with Crippen molar-refractivity contribution in [3.63, 3.8) is 0 Å². The van der Waals surface area contributed by atoms with Gasteiger partial charge in [0.2, 0.25) is 0 Å². The first-order valence-electron chi connectivity index (χ1n) is 7.94. The topological polar surface area (TPSA) is 29.5 Å². The first-order valence-corrected chi connectivity index (χ1v) is 10.0. The number of carbonyl (C=O) groups excluding carboxylic acids is 1. The largest absolute Gasteiger partial charge is 0.415 e. The molecule has 1 amide bonds. The molecule has 128 valence electrons. The van der Waals surface area contributed by atoms with Crippen LogP contribution in [-0.2, 0) is 0 Å². The maximum atomic E-state index is 12.2. The maximum Gasteiger partial charge on any atom is 0.415 e. The van der Waals surface area contributed by atoms with Gasteiger partial charge in [-0.2, -0.15) is 11.8 Å². The highest BCUT2D eigenvalue weighted by Crippen LogP contribution is 2.30. The molecule has 2 rings (SSSR count). The van der Waals surface area contributed by atoms with Crippen molar-refractivity contribution in [1.82, 2.24) is 4.90 Å². The predicted molar refractivity (Wildman–Crippen MR) is 99.0 cm³/mol. The van der Waals surface area contributed by atoms with Crippen LogP contribution in [0, 0.1) is 5.92 Å². The van der Waals surface area contributed by atoms with Gasteiger partial charge < -0.3 is 9.64 Å². The molecule has 23 heavy (non-hydrogen) atoms. The molecule has 3 nitrogen and oxygen atoms in total. The molecule has 0 radical (unpaired) electrons. The van der Waals surface area contributed by atoms with E-state index < -0.39 is 0 Å². The summed E-state index contributed by atoms with van der Waals surface area (Å²) in [5.74, 6) is 4.20. The van der Waals surface area contributed by atoms with E-state index in [4.69, 9.17) is 27.9 Å². The molecule has 1 aromatic carbocycles. The Morgan fingerprint density at radius 2 is 1.91 bits per heavy atom. The molecule has 0 bridgehead atoms. The van der Waals surface area contributed by atoms with E-state index in [2.05, 4.69) is 0 Å². The quantitative estimate of drug-likeness (QED) is 0.498. The lowest BCUT2D eigenvalue weighted by Gasteiger charge is -2.34. The van der Waals surface area contributed by atoms with Crippen molar-refractivity contribution in [1.29, 1.82) is 0 Å². The number of carbonyl (C=O) groups is 1. The van der Waals surface area contributed by atoms with Gasteiger partial charge in [-0.1, -0.05) is 11.6 Å². The Balaban J connectivity index is 1.76. The lowest BCUT2D eigenvalue weighted by Crippen LogP contribution is -2.41. The van der Waals surface area contributed by atoms with Crippen LogP contribution in [0.4, 0.5) is 4.79 Å². The van der Waals surface area contributed by atoms with Gasteiger partial charge in [0.15, 0.2) is 0 Å². The van der Waals surface area contributed by atoms with Crippen molar-refractivity contribution < 1.29 is 9.53 Å². The van der Waals surface area contributed by atoms with E-state index in [-0.39, 0.29) is 12.1 Å². The third-order valence-electron chi connectivity index (χ3n) is 4.25. The number of halogens is 2. The highest BCUT2D eigenvalue weighted by atomic mass is 35.5. The van der Waals surface area contributed by atoms with Crippen LogP contribution < -0.4 is 4.74 Å². The maximum absolute atomic E-state index is 12.2. The second kappa shape index (κ2) is 9.65. The van der Waals surface area contributed by atoms with Crippen LogP contribution in [0.25, 0.3) is 0 Å². The average molecular weight is 376 g/mol. The average Bonchev–Trinajstić information content (AvgIpc) is 2.57. The lowest BCUT2D eigenvalue weighted by molar-refractivity contribution is 0.127. The molecule has 0 saturated heterocycles. The van der Waals surface area contributed by atoms with Crippen molar-refractivity contribution in [3.05, 3.63) is 29.3 Å². The fourth-order valence-corrected chi connectivity index (χ4v) is 4.22. The molecule has 0 aliphatic heterocycles. The van der Waals surface area contributed by atoms with Crippen molar-refractivity contribution in [2.24, 2.45) is 5.92 Å². The Bertz CT molecular complexity index is 490. The molecule has 1 aliphatic carbocycles. The summed E-state index contributed by atoms with van der Waals surface area (Å²) in [5.41, 5.74) is 0. The van der Waals surface area contributed by atoms with Crippen LogP contribution >= 0.6 is 35.0 Å². The van der Waals surface area contributed by atoms with Gasteiger partial charge in [-0.05, 0) is 61.6 Å². The van der Waals surface area contributed by atoms with Crippen LogP contribution in [0.3, 0.4) is 0 Å².